The quantitative estimate of drug-likeness (QED) is 0.502. The molecular weight excluding hydrogens is 365 g/mol. The highest BCUT2D eigenvalue weighted by Crippen LogP contribution is 2.39. The maximum atomic E-state index is 13.1. The van der Waals surface area contributed by atoms with Crippen LogP contribution in [0.15, 0.2) is 84.4 Å². The standard InChI is InChI=1S/C23H15F3O2/c24-23(25,26)17-12-10-15(11-13-17)14-19-21(27)18-8-4-5-9-20(18)28-22(19)16-6-2-1-3-7-16/h1-14,22H/b19-14+/t22-/m0/s1. The summed E-state index contributed by atoms with van der Waals surface area (Å²) in [4.78, 5) is 13.1. The summed E-state index contributed by atoms with van der Waals surface area (Å²) in [5.74, 6) is 0.293. The van der Waals surface area contributed by atoms with Crippen LogP contribution in [-0.2, 0) is 6.18 Å². The van der Waals surface area contributed by atoms with Crippen LogP contribution in [0.4, 0.5) is 13.2 Å². The highest BCUT2D eigenvalue weighted by molar-refractivity contribution is 6.14. The minimum atomic E-state index is -4.40. The van der Waals surface area contributed by atoms with Gasteiger partial charge in [-0.3, -0.25) is 4.79 Å². The molecule has 0 bridgehead atoms. The number of carbonyl (C=O) groups is 1. The monoisotopic (exact) mass is 380 g/mol. The summed E-state index contributed by atoms with van der Waals surface area (Å²) in [5.41, 5.74) is 1.38. The molecule has 1 aliphatic rings. The Morgan fingerprint density at radius 1 is 0.821 bits per heavy atom. The molecule has 0 saturated heterocycles. The first kappa shape index (κ1) is 18.0. The minimum Gasteiger partial charge on any atom is -0.480 e. The van der Waals surface area contributed by atoms with E-state index in [2.05, 4.69) is 0 Å². The lowest BCUT2D eigenvalue weighted by atomic mass is 9.89. The molecule has 2 nitrogen and oxygen atoms in total. The molecule has 1 heterocycles. The van der Waals surface area contributed by atoms with Gasteiger partial charge in [0.25, 0.3) is 0 Å². The van der Waals surface area contributed by atoms with Crippen molar-refractivity contribution in [2.45, 2.75) is 12.3 Å². The lowest BCUT2D eigenvalue weighted by Crippen LogP contribution is -2.23. The molecule has 0 unspecified atom stereocenters. The second kappa shape index (κ2) is 7.00. The number of hydrogen-bond donors (Lipinski definition) is 0. The van der Waals surface area contributed by atoms with Gasteiger partial charge in [-0.05, 0) is 41.5 Å². The third-order valence-corrected chi connectivity index (χ3v) is 4.58. The number of ether oxygens (including phenoxy) is 1. The number of halogens is 3. The molecule has 1 aliphatic heterocycles. The first-order valence-corrected chi connectivity index (χ1v) is 8.67. The number of para-hydroxylation sites is 1. The van der Waals surface area contributed by atoms with Gasteiger partial charge in [-0.15, -0.1) is 0 Å². The smallest absolute Gasteiger partial charge is 0.416 e. The number of rotatable bonds is 2. The third kappa shape index (κ3) is 3.43. The molecule has 5 heteroatoms. The summed E-state index contributed by atoms with van der Waals surface area (Å²) in [6.07, 6.45) is -3.44. The van der Waals surface area contributed by atoms with Gasteiger partial charge in [0.2, 0.25) is 0 Å². The van der Waals surface area contributed by atoms with E-state index in [-0.39, 0.29) is 5.78 Å². The fourth-order valence-corrected chi connectivity index (χ4v) is 3.19. The maximum absolute atomic E-state index is 13.1. The number of carbonyl (C=O) groups excluding carboxylic acids is 1. The molecule has 0 fully saturated rings. The first-order chi connectivity index (χ1) is 13.4. The predicted molar refractivity (Wildman–Crippen MR) is 100 cm³/mol. The fraction of sp³-hybridized carbons (Fsp3) is 0.0870. The molecule has 4 rings (SSSR count). The van der Waals surface area contributed by atoms with Gasteiger partial charge in [0.15, 0.2) is 11.9 Å². The number of alkyl halides is 3. The topological polar surface area (TPSA) is 26.3 Å². The van der Waals surface area contributed by atoms with Crippen molar-refractivity contribution in [3.05, 3.63) is 107 Å². The number of Topliss-reactive ketones (excluding diaryl/α,β-unsaturated/α-hetero) is 1. The van der Waals surface area contributed by atoms with E-state index in [0.29, 0.717) is 22.4 Å². The molecule has 0 amide bonds. The second-order valence-electron chi connectivity index (χ2n) is 6.45. The SMILES string of the molecule is O=C1/C(=C\c2ccc(C(F)(F)F)cc2)[C@H](c2ccccc2)Oc2ccccc21. The molecule has 0 aliphatic carbocycles. The van der Waals surface area contributed by atoms with Crippen molar-refractivity contribution in [3.63, 3.8) is 0 Å². The zero-order valence-electron chi connectivity index (χ0n) is 14.6. The Bertz CT molecular complexity index is 1040. The zero-order valence-corrected chi connectivity index (χ0v) is 14.6. The van der Waals surface area contributed by atoms with E-state index in [1.807, 2.05) is 30.3 Å². The van der Waals surface area contributed by atoms with E-state index in [0.717, 1.165) is 17.7 Å². The fourth-order valence-electron chi connectivity index (χ4n) is 3.19. The number of fused-ring (bicyclic) bond motifs is 1. The molecule has 0 aromatic heterocycles. The van der Waals surface area contributed by atoms with Gasteiger partial charge >= 0.3 is 6.18 Å². The van der Waals surface area contributed by atoms with Crippen LogP contribution in [0.2, 0.25) is 0 Å². The second-order valence-corrected chi connectivity index (χ2v) is 6.45. The highest BCUT2D eigenvalue weighted by Gasteiger charge is 2.33. The summed E-state index contributed by atoms with van der Waals surface area (Å²) in [6, 6.07) is 20.9. The van der Waals surface area contributed by atoms with Gasteiger partial charge in [-0.2, -0.15) is 13.2 Å². The van der Waals surface area contributed by atoms with Gasteiger partial charge in [0, 0.05) is 5.57 Å². The molecule has 0 N–H and O–H groups in total. The molecule has 140 valence electrons. The lowest BCUT2D eigenvalue weighted by molar-refractivity contribution is -0.137. The van der Waals surface area contributed by atoms with Crippen LogP contribution < -0.4 is 4.74 Å². The summed E-state index contributed by atoms with van der Waals surface area (Å²) >= 11 is 0. The van der Waals surface area contributed by atoms with Crippen LogP contribution in [0.1, 0.15) is 33.2 Å². The van der Waals surface area contributed by atoms with Gasteiger partial charge < -0.3 is 4.74 Å². The Morgan fingerprint density at radius 2 is 1.46 bits per heavy atom. The van der Waals surface area contributed by atoms with Crippen LogP contribution in [0, 0.1) is 0 Å². The van der Waals surface area contributed by atoms with E-state index in [9.17, 15) is 18.0 Å². The van der Waals surface area contributed by atoms with Crippen molar-refractivity contribution in [2.24, 2.45) is 0 Å². The van der Waals surface area contributed by atoms with Crippen LogP contribution >= 0.6 is 0 Å². The molecule has 1 atom stereocenters. The van der Waals surface area contributed by atoms with Gasteiger partial charge in [0.1, 0.15) is 5.75 Å². The Hall–Kier alpha value is -3.34. The Labute approximate surface area is 159 Å². The van der Waals surface area contributed by atoms with E-state index >= 15 is 0 Å². The van der Waals surface area contributed by atoms with E-state index in [1.54, 1.807) is 30.3 Å². The highest BCUT2D eigenvalue weighted by atomic mass is 19.4. The van der Waals surface area contributed by atoms with Crippen LogP contribution in [0.25, 0.3) is 6.08 Å². The van der Waals surface area contributed by atoms with E-state index in [1.165, 1.54) is 12.1 Å². The molecule has 0 spiro atoms. The van der Waals surface area contributed by atoms with Crippen molar-refractivity contribution >= 4 is 11.9 Å². The third-order valence-electron chi connectivity index (χ3n) is 4.58. The Balaban J connectivity index is 1.79. The summed E-state index contributed by atoms with van der Waals surface area (Å²) < 4.78 is 44.5. The molecule has 3 aromatic rings. The van der Waals surface area contributed by atoms with Crippen molar-refractivity contribution < 1.29 is 22.7 Å². The number of benzene rings is 3. The van der Waals surface area contributed by atoms with Crippen molar-refractivity contribution in [1.82, 2.24) is 0 Å². The van der Waals surface area contributed by atoms with Crippen LogP contribution in [0.5, 0.6) is 5.75 Å². The number of hydrogen-bond acceptors (Lipinski definition) is 2. The summed E-state index contributed by atoms with van der Waals surface area (Å²) in [7, 11) is 0. The van der Waals surface area contributed by atoms with Gasteiger partial charge in [-0.25, -0.2) is 0 Å². The lowest BCUT2D eigenvalue weighted by Gasteiger charge is -2.28. The average Bonchev–Trinajstić information content (AvgIpc) is 2.70. The Morgan fingerprint density at radius 3 is 2.14 bits per heavy atom. The summed E-state index contributed by atoms with van der Waals surface area (Å²) in [6.45, 7) is 0. The predicted octanol–water partition coefficient (Wildman–Crippen LogP) is 6.11. The molecule has 28 heavy (non-hydrogen) atoms. The molecule has 0 saturated carbocycles. The molecule has 3 aromatic carbocycles. The normalized spacial score (nSPS) is 17.9. The van der Waals surface area contributed by atoms with E-state index in [4.69, 9.17) is 4.74 Å². The van der Waals surface area contributed by atoms with Crippen molar-refractivity contribution in [1.29, 1.82) is 0 Å². The average molecular weight is 380 g/mol. The largest absolute Gasteiger partial charge is 0.480 e. The molecule has 0 radical (unpaired) electrons. The zero-order chi connectivity index (χ0) is 19.7. The first-order valence-electron chi connectivity index (χ1n) is 8.67. The Kier molecular flexibility index (Phi) is 4.51. The molecular formula is C23H15F3O2. The van der Waals surface area contributed by atoms with E-state index < -0.39 is 17.8 Å². The van der Waals surface area contributed by atoms with Crippen LogP contribution in [0.3, 0.4) is 0 Å². The maximum Gasteiger partial charge on any atom is 0.416 e. The van der Waals surface area contributed by atoms with Crippen molar-refractivity contribution in [3.8, 4) is 5.75 Å². The van der Waals surface area contributed by atoms with Gasteiger partial charge in [0.05, 0.1) is 11.1 Å². The van der Waals surface area contributed by atoms with Gasteiger partial charge in [-0.1, -0.05) is 54.6 Å². The summed E-state index contributed by atoms with van der Waals surface area (Å²) in [5, 5.41) is 0. The minimum absolute atomic E-state index is 0.199. The number of ketones is 1. The van der Waals surface area contributed by atoms with Crippen LogP contribution in [-0.4, -0.2) is 5.78 Å². The van der Waals surface area contributed by atoms with Crippen molar-refractivity contribution in [2.75, 3.05) is 0 Å².